The maximum Gasteiger partial charge on any atom is 0.430 e. The van der Waals surface area contributed by atoms with Gasteiger partial charge in [-0.2, -0.15) is 23.3 Å². The molecule has 24 heavy (non-hydrogen) atoms. The second-order valence-corrected chi connectivity index (χ2v) is 6.64. The van der Waals surface area contributed by atoms with Gasteiger partial charge in [0.1, 0.15) is 15.7 Å². The molecule has 3 heterocycles. The van der Waals surface area contributed by atoms with Gasteiger partial charge < -0.3 is 15.6 Å². The first-order valence-electron chi connectivity index (χ1n) is 6.13. The van der Waals surface area contributed by atoms with Crippen LogP contribution in [0, 0.1) is 0 Å². The van der Waals surface area contributed by atoms with Gasteiger partial charge >= 0.3 is 6.18 Å². The number of carbonyl (C=O) groups is 1. The number of nitrogens with zero attached hydrogens (tertiary/aromatic N) is 4. The van der Waals surface area contributed by atoms with E-state index in [4.69, 9.17) is 26.3 Å². The number of alkyl halides is 3. The summed E-state index contributed by atoms with van der Waals surface area (Å²) in [6.45, 7) is 0. The summed E-state index contributed by atoms with van der Waals surface area (Å²) in [5.74, 6) is -2.76. The molecular formula is C12H9ClF3N5O2S. The molecule has 0 aliphatic carbocycles. The molecule has 0 bridgehead atoms. The quantitative estimate of drug-likeness (QED) is 0.644. The first kappa shape index (κ1) is 17.9. The minimum atomic E-state index is -5.19. The van der Waals surface area contributed by atoms with Crippen LogP contribution in [0.5, 0.6) is 0 Å². The van der Waals surface area contributed by atoms with Crippen LogP contribution in [0.2, 0.25) is 0 Å². The van der Waals surface area contributed by atoms with E-state index in [1.807, 2.05) is 24.6 Å². The number of thiophene rings is 1. The highest BCUT2D eigenvalue weighted by Gasteiger charge is 2.28. The Morgan fingerprint density at radius 1 is 1.46 bits per heavy atom. The van der Waals surface area contributed by atoms with Crippen LogP contribution < -0.4 is 10.8 Å². The third kappa shape index (κ3) is 3.74. The molecule has 128 valence electrons. The van der Waals surface area contributed by atoms with E-state index in [1.54, 1.807) is 10.9 Å². The highest BCUT2D eigenvalue weighted by molar-refractivity contribution is 7.63. The maximum absolute atomic E-state index is 10.5. The number of halogens is 4. The third-order valence-electron chi connectivity index (χ3n) is 2.72. The highest BCUT2D eigenvalue weighted by atomic mass is 35.7. The van der Waals surface area contributed by atoms with Crippen molar-refractivity contribution in [3.8, 4) is 10.6 Å². The molecule has 0 saturated heterocycles. The van der Waals surface area contributed by atoms with Gasteiger partial charge in [-0.3, -0.25) is 0 Å². The summed E-state index contributed by atoms with van der Waals surface area (Å²) in [5.41, 5.74) is 7.11. The third-order valence-corrected chi connectivity index (χ3v) is 4.67. The standard InChI is InChI=1S/C10H9ClN5S.C2HF3O2/c1-16-9-6(5-13-10(12)14-9)8(15-16)7-3-2-4-17(7)11;3-2(4,5)1(6)7/h2-5H,1H3,(H2,12,13,14);(H,6,7)/q+1;/p-1. The second kappa shape index (κ2) is 6.61. The van der Waals surface area contributed by atoms with E-state index in [1.165, 1.54) is 0 Å². The molecule has 0 radical (unpaired) electrons. The molecule has 0 spiro atoms. The molecule has 7 nitrogen and oxygen atoms in total. The lowest BCUT2D eigenvalue weighted by atomic mass is 10.2. The van der Waals surface area contributed by atoms with Crippen LogP contribution in [0.25, 0.3) is 21.6 Å². The number of carboxylic acid groups (broad SMARTS) is 1. The fourth-order valence-electron chi connectivity index (χ4n) is 1.74. The predicted octanol–water partition coefficient (Wildman–Crippen LogP) is 1.66. The van der Waals surface area contributed by atoms with Crippen LogP contribution in [0.1, 0.15) is 0 Å². The van der Waals surface area contributed by atoms with E-state index in [-0.39, 0.29) is 5.95 Å². The number of anilines is 1. The van der Waals surface area contributed by atoms with Crippen LogP contribution in [-0.2, 0) is 11.8 Å². The average molecular weight is 380 g/mol. The highest BCUT2D eigenvalue weighted by Crippen LogP contribution is 2.39. The molecule has 1 unspecified atom stereocenters. The Balaban J connectivity index is 0.000000256. The number of hydrogen-bond acceptors (Lipinski definition) is 6. The van der Waals surface area contributed by atoms with E-state index >= 15 is 0 Å². The molecule has 12 heteroatoms. The topological polar surface area (TPSA) is 110 Å². The van der Waals surface area contributed by atoms with Crippen molar-refractivity contribution >= 4 is 43.3 Å². The predicted molar refractivity (Wildman–Crippen MR) is 80.9 cm³/mol. The Bertz CT molecular complexity index is 893. The van der Waals surface area contributed by atoms with E-state index in [2.05, 4.69) is 15.1 Å². The number of hydrogen-bond donors (Lipinski definition) is 1. The van der Waals surface area contributed by atoms with Crippen LogP contribution in [-0.4, -0.2) is 31.9 Å². The number of nitrogens with two attached hydrogens (primary N) is 1. The molecule has 3 aromatic heterocycles. The van der Waals surface area contributed by atoms with Gasteiger partial charge in [-0.25, -0.2) is 9.67 Å². The molecule has 0 aliphatic heterocycles. The summed E-state index contributed by atoms with van der Waals surface area (Å²) < 4.78 is 33.2. The van der Waals surface area contributed by atoms with Gasteiger partial charge in [-0.1, -0.05) is 0 Å². The lowest BCUT2D eigenvalue weighted by Gasteiger charge is -2.03. The van der Waals surface area contributed by atoms with Gasteiger partial charge in [0.25, 0.3) is 0 Å². The molecular weight excluding hydrogens is 371 g/mol. The molecule has 3 rings (SSSR count). The summed E-state index contributed by atoms with van der Waals surface area (Å²) in [7, 11) is 7.62. The van der Waals surface area contributed by atoms with Crippen LogP contribution in [0.3, 0.4) is 0 Å². The zero-order chi connectivity index (χ0) is 18.1. The van der Waals surface area contributed by atoms with E-state index in [0.29, 0.717) is 5.65 Å². The van der Waals surface area contributed by atoms with E-state index in [0.717, 1.165) is 16.0 Å². The van der Waals surface area contributed by atoms with Crippen molar-refractivity contribution in [2.75, 3.05) is 5.73 Å². The van der Waals surface area contributed by atoms with E-state index < -0.39 is 21.8 Å². The summed E-state index contributed by atoms with van der Waals surface area (Å²) in [4.78, 5) is 18.0. The number of aryl methyl sites for hydroxylation is 1. The van der Waals surface area contributed by atoms with Gasteiger partial charge in [0.2, 0.25) is 21.5 Å². The fourth-order valence-corrected chi connectivity index (χ4v) is 3.20. The van der Waals surface area contributed by atoms with Crippen molar-refractivity contribution in [3.05, 3.63) is 23.7 Å². The molecule has 0 amide bonds. The zero-order valence-corrected chi connectivity index (χ0v) is 13.5. The van der Waals surface area contributed by atoms with Crippen molar-refractivity contribution in [3.63, 3.8) is 0 Å². The van der Waals surface area contributed by atoms with Crippen molar-refractivity contribution in [1.82, 2.24) is 19.7 Å². The second-order valence-electron chi connectivity index (χ2n) is 4.37. The minimum Gasteiger partial charge on any atom is -0.542 e. The lowest BCUT2D eigenvalue weighted by molar-refractivity contribution is -0.344. The van der Waals surface area contributed by atoms with E-state index in [9.17, 15) is 13.2 Å². The summed E-state index contributed by atoms with van der Waals surface area (Å²) in [5, 5.41) is 16.0. The number of aliphatic carboxylic acids is 1. The van der Waals surface area contributed by atoms with Crippen LogP contribution in [0.4, 0.5) is 19.1 Å². The Kier molecular flexibility index (Phi) is 4.94. The van der Waals surface area contributed by atoms with Crippen LogP contribution in [0.15, 0.2) is 23.7 Å². The average Bonchev–Trinajstić information content (AvgIpc) is 3.02. The lowest BCUT2D eigenvalue weighted by Crippen LogP contribution is -2.37. The van der Waals surface area contributed by atoms with Gasteiger partial charge in [0.05, 0.1) is 5.39 Å². The molecule has 0 fully saturated rings. The fraction of sp³-hybridized carbons (Fsp3) is 0.167. The SMILES string of the molecule is Cn1nc(-c2ccc[s+]2Cl)c2cnc(N)nc21.O=C([O-])C(F)(F)F. The van der Waals surface area contributed by atoms with Gasteiger partial charge in [-0.05, 0) is 6.07 Å². The number of carboxylic acids is 1. The Labute approximate surface area is 140 Å². The first-order valence-corrected chi connectivity index (χ1v) is 8.24. The number of rotatable bonds is 1. The molecule has 3 aromatic rings. The van der Waals surface area contributed by atoms with Gasteiger partial charge in [0.15, 0.2) is 16.7 Å². The molecule has 2 N–H and O–H groups in total. The van der Waals surface area contributed by atoms with Crippen molar-refractivity contribution in [2.24, 2.45) is 7.05 Å². The smallest absolute Gasteiger partial charge is 0.430 e. The molecule has 0 aliphatic rings. The summed E-state index contributed by atoms with van der Waals surface area (Å²) in [6, 6.07) is 3.90. The Hall–Kier alpha value is -2.40. The monoisotopic (exact) mass is 379 g/mol. The number of aromatic nitrogens is 4. The molecule has 0 aromatic carbocycles. The Morgan fingerprint density at radius 2 is 2.08 bits per heavy atom. The van der Waals surface area contributed by atoms with Crippen molar-refractivity contribution < 1.29 is 23.1 Å². The van der Waals surface area contributed by atoms with Gasteiger partial charge in [-0.15, -0.1) is 0 Å². The van der Waals surface area contributed by atoms with Crippen molar-refractivity contribution in [1.29, 1.82) is 0 Å². The summed E-state index contributed by atoms with van der Waals surface area (Å²) >= 11 is 0. The maximum atomic E-state index is 10.5. The number of nitrogen functional groups attached to an aromatic ring is 1. The zero-order valence-electron chi connectivity index (χ0n) is 11.9. The van der Waals surface area contributed by atoms with Crippen molar-refractivity contribution in [2.45, 2.75) is 6.18 Å². The van der Waals surface area contributed by atoms with Crippen LogP contribution >= 0.6 is 20.4 Å². The minimum absolute atomic E-state index is 0.246. The van der Waals surface area contributed by atoms with Gasteiger partial charge in [0, 0.05) is 19.3 Å². The first-order chi connectivity index (χ1) is 11.1. The largest absolute Gasteiger partial charge is 0.542 e. The Morgan fingerprint density at radius 3 is 2.58 bits per heavy atom. The normalized spacial score (nSPS) is 12.0. The number of carbonyl (C=O) groups excluding carboxylic acids is 1. The summed E-state index contributed by atoms with van der Waals surface area (Å²) in [6.07, 6.45) is -3.51. The molecule has 0 saturated carbocycles. The molecule has 1 atom stereocenters. The number of fused-ring (bicyclic) bond motifs is 1.